The third kappa shape index (κ3) is 3.36. The highest BCUT2D eigenvalue weighted by atomic mass is 16.3. The van der Waals surface area contributed by atoms with Crippen molar-refractivity contribution in [2.75, 3.05) is 0 Å². The first-order valence-corrected chi connectivity index (χ1v) is 8.04. The van der Waals surface area contributed by atoms with Gasteiger partial charge in [0.25, 0.3) is 0 Å². The van der Waals surface area contributed by atoms with Crippen LogP contribution in [0.15, 0.2) is 48.5 Å². The van der Waals surface area contributed by atoms with Gasteiger partial charge in [0.15, 0.2) is 0 Å². The van der Waals surface area contributed by atoms with Gasteiger partial charge in [-0.15, -0.1) is 0 Å². The van der Waals surface area contributed by atoms with E-state index >= 15 is 0 Å². The number of rotatable bonds is 4. The maximum Gasteiger partial charge on any atom is 0.0871 e. The Balaban J connectivity index is 1.75. The fourth-order valence-corrected chi connectivity index (χ4v) is 3.25. The van der Waals surface area contributed by atoms with E-state index in [0.717, 1.165) is 24.8 Å². The van der Waals surface area contributed by atoms with Crippen LogP contribution in [0.3, 0.4) is 0 Å². The molecule has 2 aromatic rings. The minimum Gasteiger partial charge on any atom is -0.385 e. The molecular formula is C20H24O. The van der Waals surface area contributed by atoms with E-state index in [1.807, 2.05) is 13.0 Å². The number of benzene rings is 2. The van der Waals surface area contributed by atoms with Gasteiger partial charge >= 0.3 is 0 Å². The van der Waals surface area contributed by atoms with Gasteiger partial charge in [-0.3, -0.25) is 0 Å². The molecule has 1 heteroatoms. The third-order valence-corrected chi connectivity index (χ3v) is 4.71. The Hall–Kier alpha value is -1.60. The lowest BCUT2D eigenvalue weighted by Gasteiger charge is -2.26. The molecule has 0 bridgehead atoms. The van der Waals surface area contributed by atoms with Crippen LogP contribution in [-0.4, -0.2) is 5.11 Å². The zero-order valence-corrected chi connectivity index (χ0v) is 12.8. The van der Waals surface area contributed by atoms with Gasteiger partial charge in [0, 0.05) is 0 Å². The first-order valence-electron chi connectivity index (χ1n) is 8.04. The van der Waals surface area contributed by atoms with E-state index in [1.54, 1.807) is 0 Å². The Labute approximate surface area is 127 Å². The summed E-state index contributed by atoms with van der Waals surface area (Å²) in [5, 5.41) is 10.8. The molecule has 1 aliphatic rings. The molecule has 3 rings (SSSR count). The van der Waals surface area contributed by atoms with Gasteiger partial charge < -0.3 is 5.11 Å². The van der Waals surface area contributed by atoms with E-state index < -0.39 is 5.60 Å². The topological polar surface area (TPSA) is 20.2 Å². The van der Waals surface area contributed by atoms with Crippen molar-refractivity contribution in [3.63, 3.8) is 0 Å². The zero-order chi connectivity index (χ0) is 14.7. The summed E-state index contributed by atoms with van der Waals surface area (Å²) in [6.07, 6.45) is 6.61. The summed E-state index contributed by atoms with van der Waals surface area (Å²) >= 11 is 0. The Morgan fingerprint density at radius 1 is 0.952 bits per heavy atom. The van der Waals surface area contributed by atoms with E-state index in [2.05, 4.69) is 42.5 Å². The number of aryl methyl sites for hydroxylation is 3. The van der Waals surface area contributed by atoms with Crippen molar-refractivity contribution in [3.8, 4) is 0 Å². The number of hydrogen-bond acceptors (Lipinski definition) is 1. The number of fused-ring (bicyclic) bond motifs is 1. The van der Waals surface area contributed by atoms with E-state index in [-0.39, 0.29) is 0 Å². The quantitative estimate of drug-likeness (QED) is 0.879. The molecule has 0 amide bonds. The Kier molecular flexibility index (Phi) is 4.12. The molecule has 0 fully saturated rings. The maximum absolute atomic E-state index is 10.8. The van der Waals surface area contributed by atoms with Crippen LogP contribution >= 0.6 is 0 Å². The first-order chi connectivity index (χ1) is 10.1. The first kappa shape index (κ1) is 14.3. The predicted octanol–water partition coefficient (Wildman–Crippen LogP) is 4.41. The summed E-state index contributed by atoms with van der Waals surface area (Å²) in [7, 11) is 0. The lowest BCUT2D eigenvalue weighted by molar-refractivity contribution is 0.0479. The fourth-order valence-electron chi connectivity index (χ4n) is 3.25. The Morgan fingerprint density at radius 3 is 2.43 bits per heavy atom. The van der Waals surface area contributed by atoms with Crippen LogP contribution in [0.1, 0.15) is 48.4 Å². The van der Waals surface area contributed by atoms with E-state index in [9.17, 15) is 5.11 Å². The molecule has 0 saturated heterocycles. The Bertz CT molecular complexity index is 598. The second-order valence-corrected chi connectivity index (χ2v) is 6.45. The molecule has 110 valence electrons. The largest absolute Gasteiger partial charge is 0.385 e. The average molecular weight is 280 g/mol. The average Bonchev–Trinajstić information content (AvgIpc) is 2.53. The SMILES string of the molecule is CC(O)(CCc1ccccc1)c1ccc2c(c1)CCCC2. The van der Waals surface area contributed by atoms with Gasteiger partial charge in [-0.1, -0.05) is 48.5 Å². The lowest BCUT2D eigenvalue weighted by atomic mass is 9.84. The van der Waals surface area contributed by atoms with Crippen LogP contribution in [0.2, 0.25) is 0 Å². The minimum absolute atomic E-state index is 0.748. The molecule has 1 atom stereocenters. The number of hydrogen-bond donors (Lipinski definition) is 1. The molecule has 21 heavy (non-hydrogen) atoms. The van der Waals surface area contributed by atoms with Crippen LogP contribution in [0.4, 0.5) is 0 Å². The van der Waals surface area contributed by atoms with Crippen molar-refractivity contribution in [2.45, 2.75) is 51.0 Å². The van der Waals surface area contributed by atoms with Crippen LogP contribution in [0, 0.1) is 0 Å². The van der Waals surface area contributed by atoms with Crippen LogP contribution in [-0.2, 0) is 24.9 Å². The smallest absolute Gasteiger partial charge is 0.0871 e. The Morgan fingerprint density at radius 2 is 1.67 bits per heavy atom. The normalized spacial score (nSPS) is 17.0. The molecule has 0 heterocycles. The molecule has 0 spiro atoms. The van der Waals surface area contributed by atoms with Gasteiger partial charge in [0.05, 0.1) is 5.60 Å². The summed E-state index contributed by atoms with van der Waals surface area (Å²) in [4.78, 5) is 0. The summed E-state index contributed by atoms with van der Waals surface area (Å²) in [5.41, 5.74) is 4.53. The van der Waals surface area contributed by atoms with Crippen molar-refractivity contribution in [1.82, 2.24) is 0 Å². The molecule has 1 nitrogen and oxygen atoms in total. The summed E-state index contributed by atoms with van der Waals surface area (Å²) in [5.74, 6) is 0. The van der Waals surface area contributed by atoms with Gasteiger partial charge in [-0.25, -0.2) is 0 Å². The minimum atomic E-state index is -0.748. The molecular weight excluding hydrogens is 256 g/mol. The molecule has 1 aliphatic carbocycles. The predicted molar refractivity (Wildman–Crippen MR) is 87.4 cm³/mol. The van der Waals surface area contributed by atoms with Crippen molar-refractivity contribution in [1.29, 1.82) is 0 Å². The highest BCUT2D eigenvalue weighted by molar-refractivity contribution is 5.36. The highest BCUT2D eigenvalue weighted by Gasteiger charge is 2.24. The monoisotopic (exact) mass is 280 g/mol. The molecule has 2 aromatic carbocycles. The van der Waals surface area contributed by atoms with Gasteiger partial charge in [0.2, 0.25) is 0 Å². The van der Waals surface area contributed by atoms with Crippen molar-refractivity contribution >= 4 is 0 Å². The summed E-state index contributed by atoms with van der Waals surface area (Å²) in [6, 6.07) is 17.0. The van der Waals surface area contributed by atoms with Gasteiger partial charge in [0.1, 0.15) is 0 Å². The van der Waals surface area contributed by atoms with Gasteiger partial charge in [-0.05, 0) is 67.7 Å². The van der Waals surface area contributed by atoms with Crippen LogP contribution in [0.25, 0.3) is 0 Å². The molecule has 1 unspecified atom stereocenters. The van der Waals surface area contributed by atoms with E-state index in [4.69, 9.17) is 0 Å². The zero-order valence-electron chi connectivity index (χ0n) is 12.8. The van der Waals surface area contributed by atoms with Crippen LogP contribution in [0.5, 0.6) is 0 Å². The highest BCUT2D eigenvalue weighted by Crippen LogP contribution is 2.30. The fraction of sp³-hybridized carbons (Fsp3) is 0.400. The van der Waals surface area contributed by atoms with Crippen molar-refractivity contribution in [3.05, 3.63) is 70.8 Å². The van der Waals surface area contributed by atoms with Crippen LogP contribution < -0.4 is 0 Å². The maximum atomic E-state index is 10.8. The molecule has 0 radical (unpaired) electrons. The number of aliphatic hydroxyl groups is 1. The van der Waals surface area contributed by atoms with Gasteiger partial charge in [-0.2, -0.15) is 0 Å². The van der Waals surface area contributed by atoms with E-state index in [1.165, 1.54) is 36.0 Å². The lowest BCUT2D eigenvalue weighted by Crippen LogP contribution is -2.22. The second kappa shape index (κ2) is 6.03. The molecule has 0 aliphatic heterocycles. The molecule has 0 saturated carbocycles. The molecule has 1 N–H and O–H groups in total. The second-order valence-electron chi connectivity index (χ2n) is 6.45. The summed E-state index contributed by atoms with van der Waals surface area (Å²) < 4.78 is 0. The summed E-state index contributed by atoms with van der Waals surface area (Å²) in [6.45, 7) is 1.94. The van der Waals surface area contributed by atoms with E-state index in [0.29, 0.717) is 0 Å². The third-order valence-electron chi connectivity index (χ3n) is 4.71. The molecule has 0 aromatic heterocycles. The standard InChI is InChI=1S/C20H24O/c1-20(21,14-13-16-7-3-2-4-8-16)19-12-11-17-9-5-6-10-18(17)15-19/h2-4,7-8,11-12,15,21H,5-6,9-10,13-14H2,1H3. The van der Waals surface area contributed by atoms with Crippen molar-refractivity contribution < 1.29 is 5.11 Å². The van der Waals surface area contributed by atoms with Crippen molar-refractivity contribution in [2.24, 2.45) is 0 Å².